The molecule has 0 spiro atoms. The molecular formula is C19H34N2O3S. The molecule has 5 nitrogen and oxygen atoms in total. The van der Waals surface area contributed by atoms with Crippen molar-refractivity contribution in [2.24, 2.45) is 17.3 Å². The zero-order valence-corrected chi connectivity index (χ0v) is 16.5. The number of sulfonamides is 1. The second-order valence-electron chi connectivity index (χ2n) is 8.50. The number of piperidine rings is 1. The SMILES string of the molecule is CCS(=O)(=O)N1CCC(CNC(=O)C2CCCCC2)(CC2CC2)CC1. The highest BCUT2D eigenvalue weighted by atomic mass is 32.2. The van der Waals surface area contributed by atoms with E-state index in [-0.39, 0.29) is 23.0 Å². The van der Waals surface area contributed by atoms with E-state index in [2.05, 4.69) is 5.32 Å². The summed E-state index contributed by atoms with van der Waals surface area (Å²) in [7, 11) is -3.09. The molecule has 1 N–H and O–H groups in total. The maximum atomic E-state index is 12.5. The van der Waals surface area contributed by atoms with E-state index >= 15 is 0 Å². The molecule has 1 amide bonds. The lowest BCUT2D eigenvalue weighted by Gasteiger charge is -2.42. The van der Waals surface area contributed by atoms with Gasteiger partial charge in [0.1, 0.15) is 0 Å². The Morgan fingerprint density at radius 1 is 1.08 bits per heavy atom. The first kappa shape index (κ1) is 19.2. The average molecular weight is 371 g/mol. The van der Waals surface area contributed by atoms with Crippen LogP contribution >= 0.6 is 0 Å². The molecule has 25 heavy (non-hydrogen) atoms. The van der Waals surface area contributed by atoms with Gasteiger partial charge in [-0.15, -0.1) is 0 Å². The molecule has 0 atom stereocenters. The van der Waals surface area contributed by atoms with Gasteiger partial charge in [-0.1, -0.05) is 32.1 Å². The van der Waals surface area contributed by atoms with E-state index in [1.807, 2.05) is 0 Å². The highest BCUT2D eigenvalue weighted by molar-refractivity contribution is 7.89. The predicted molar refractivity (Wildman–Crippen MR) is 99.6 cm³/mol. The minimum Gasteiger partial charge on any atom is -0.355 e. The molecule has 0 aromatic rings. The lowest BCUT2D eigenvalue weighted by atomic mass is 9.74. The number of nitrogens with one attached hydrogen (secondary N) is 1. The Hall–Kier alpha value is -0.620. The van der Waals surface area contributed by atoms with Crippen molar-refractivity contribution in [3.05, 3.63) is 0 Å². The maximum absolute atomic E-state index is 12.5. The van der Waals surface area contributed by atoms with Crippen molar-refractivity contribution in [3.63, 3.8) is 0 Å². The average Bonchev–Trinajstić information content (AvgIpc) is 3.45. The van der Waals surface area contributed by atoms with Crippen LogP contribution in [0.5, 0.6) is 0 Å². The molecule has 1 saturated heterocycles. The van der Waals surface area contributed by atoms with Crippen molar-refractivity contribution in [2.45, 2.75) is 71.1 Å². The van der Waals surface area contributed by atoms with Crippen molar-refractivity contribution in [2.75, 3.05) is 25.4 Å². The van der Waals surface area contributed by atoms with Gasteiger partial charge in [0.2, 0.25) is 15.9 Å². The first-order chi connectivity index (χ1) is 11.9. The molecule has 3 fully saturated rings. The molecule has 0 unspecified atom stereocenters. The third-order valence-corrected chi connectivity index (χ3v) is 8.45. The van der Waals surface area contributed by atoms with E-state index in [0.717, 1.165) is 44.6 Å². The van der Waals surface area contributed by atoms with Gasteiger partial charge in [-0.2, -0.15) is 0 Å². The van der Waals surface area contributed by atoms with Gasteiger partial charge in [-0.05, 0) is 50.4 Å². The zero-order valence-electron chi connectivity index (χ0n) is 15.6. The first-order valence-electron chi connectivity index (χ1n) is 10.2. The van der Waals surface area contributed by atoms with Crippen LogP contribution < -0.4 is 5.32 Å². The second-order valence-corrected chi connectivity index (χ2v) is 10.8. The number of hydrogen-bond donors (Lipinski definition) is 1. The molecule has 0 bridgehead atoms. The molecule has 3 rings (SSSR count). The summed E-state index contributed by atoms with van der Waals surface area (Å²) in [6, 6.07) is 0. The van der Waals surface area contributed by atoms with Crippen LogP contribution in [-0.2, 0) is 14.8 Å². The lowest BCUT2D eigenvalue weighted by Crippen LogP contribution is -2.49. The second kappa shape index (κ2) is 7.95. The minimum atomic E-state index is -3.09. The van der Waals surface area contributed by atoms with E-state index in [9.17, 15) is 13.2 Å². The smallest absolute Gasteiger partial charge is 0.223 e. The fourth-order valence-electron chi connectivity index (χ4n) is 4.59. The number of amides is 1. The van der Waals surface area contributed by atoms with Gasteiger partial charge in [0.15, 0.2) is 0 Å². The number of carbonyl (C=O) groups is 1. The van der Waals surface area contributed by atoms with Crippen LogP contribution in [0.4, 0.5) is 0 Å². The lowest BCUT2D eigenvalue weighted by molar-refractivity contribution is -0.126. The zero-order chi connectivity index (χ0) is 17.9. The fourth-order valence-corrected chi connectivity index (χ4v) is 5.70. The minimum absolute atomic E-state index is 0.102. The monoisotopic (exact) mass is 370 g/mol. The Balaban J connectivity index is 1.57. The number of hydrogen-bond acceptors (Lipinski definition) is 3. The Kier molecular flexibility index (Phi) is 6.09. The standard InChI is InChI=1S/C19H34N2O3S/c1-2-25(23,24)21-12-10-19(11-13-21,14-16-8-9-16)15-20-18(22)17-6-4-3-5-7-17/h16-17H,2-15H2,1H3,(H,20,22). The summed E-state index contributed by atoms with van der Waals surface area (Å²) in [5.41, 5.74) is 0.102. The van der Waals surface area contributed by atoms with Crippen molar-refractivity contribution >= 4 is 15.9 Å². The van der Waals surface area contributed by atoms with Crippen LogP contribution in [0.3, 0.4) is 0 Å². The topological polar surface area (TPSA) is 66.5 Å². The van der Waals surface area contributed by atoms with Crippen LogP contribution in [0, 0.1) is 17.3 Å². The van der Waals surface area contributed by atoms with E-state index < -0.39 is 10.0 Å². The van der Waals surface area contributed by atoms with Crippen LogP contribution in [0.1, 0.15) is 71.1 Å². The summed E-state index contributed by atoms with van der Waals surface area (Å²) in [4.78, 5) is 12.5. The molecule has 2 saturated carbocycles. The largest absolute Gasteiger partial charge is 0.355 e. The van der Waals surface area contributed by atoms with E-state index in [0.29, 0.717) is 13.1 Å². The number of rotatable bonds is 7. The third kappa shape index (κ3) is 4.97. The van der Waals surface area contributed by atoms with E-state index in [1.54, 1.807) is 11.2 Å². The van der Waals surface area contributed by atoms with Crippen molar-refractivity contribution in [1.29, 1.82) is 0 Å². The van der Waals surface area contributed by atoms with E-state index in [4.69, 9.17) is 0 Å². The molecular weight excluding hydrogens is 336 g/mol. The summed E-state index contributed by atoms with van der Waals surface area (Å²) in [6.45, 7) is 3.68. The molecule has 6 heteroatoms. The summed E-state index contributed by atoms with van der Waals surface area (Å²) < 4.78 is 25.9. The summed E-state index contributed by atoms with van der Waals surface area (Å²) in [5, 5.41) is 3.26. The van der Waals surface area contributed by atoms with Gasteiger partial charge in [0.25, 0.3) is 0 Å². The van der Waals surface area contributed by atoms with Crippen molar-refractivity contribution in [1.82, 2.24) is 9.62 Å². The normalized spacial score (nSPS) is 25.6. The van der Waals surface area contributed by atoms with Crippen LogP contribution in [0.2, 0.25) is 0 Å². The molecule has 2 aliphatic carbocycles. The molecule has 3 aliphatic rings. The quantitative estimate of drug-likeness (QED) is 0.749. The Bertz CT molecular complexity index is 557. The maximum Gasteiger partial charge on any atom is 0.223 e. The van der Waals surface area contributed by atoms with Crippen LogP contribution in [-0.4, -0.2) is 44.0 Å². The molecule has 0 aromatic carbocycles. The fraction of sp³-hybridized carbons (Fsp3) is 0.947. The van der Waals surface area contributed by atoms with Gasteiger partial charge < -0.3 is 5.32 Å². The van der Waals surface area contributed by atoms with Gasteiger partial charge >= 0.3 is 0 Å². The van der Waals surface area contributed by atoms with Gasteiger partial charge in [0.05, 0.1) is 5.75 Å². The van der Waals surface area contributed by atoms with Gasteiger partial charge in [0, 0.05) is 25.6 Å². The molecule has 0 radical (unpaired) electrons. The highest BCUT2D eigenvalue weighted by Gasteiger charge is 2.41. The Morgan fingerprint density at radius 3 is 2.28 bits per heavy atom. The number of carbonyl (C=O) groups excluding carboxylic acids is 1. The van der Waals surface area contributed by atoms with Gasteiger partial charge in [-0.25, -0.2) is 12.7 Å². The summed E-state index contributed by atoms with van der Waals surface area (Å²) in [6.07, 6.45) is 11.2. The Morgan fingerprint density at radius 2 is 1.72 bits per heavy atom. The molecule has 1 heterocycles. The van der Waals surface area contributed by atoms with E-state index in [1.165, 1.54) is 32.1 Å². The number of nitrogens with zero attached hydrogens (tertiary/aromatic N) is 1. The Labute approximate surface area is 153 Å². The third-order valence-electron chi connectivity index (χ3n) is 6.57. The first-order valence-corrected chi connectivity index (χ1v) is 11.8. The van der Waals surface area contributed by atoms with Crippen LogP contribution in [0.15, 0.2) is 0 Å². The van der Waals surface area contributed by atoms with Crippen molar-refractivity contribution in [3.8, 4) is 0 Å². The van der Waals surface area contributed by atoms with Crippen molar-refractivity contribution < 1.29 is 13.2 Å². The van der Waals surface area contributed by atoms with Crippen LogP contribution in [0.25, 0.3) is 0 Å². The molecule has 0 aromatic heterocycles. The summed E-state index contributed by atoms with van der Waals surface area (Å²) in [5.74, 6) is 1.41. The summed E-state index contributed by atoms with van der Waals surface area (Å²) >= 11 is 0. The predicted octanol–water partition coefficient (Wildman–Crippen LogP) is 2.91. The van der Waals surface area contributed by atoms with Gasteiger partial charge in [-0.3, -0.25) is 4.79 Å². The molecule has 144 valence electrons. The molecule has 1 aliphatic heterocycles. The highest BCUT2D eigenvalue weighted by Crippen LogP contribution is 2.45.